The Labute approximate surface area is 111 Å². The molecular weight excluding hydrogens is 246 g/mol. The van der Waals surface area contributed by atoms with E-state index in [1.807, 2.05) is 4.57 Å². The summed E-state index contributed by atoms with van der Waals surface area (Å²) < 4.78 is 6.94. The van der Waals surface area contributed by atoms with Gasteiger partial charge >= 0.3 is 11.9 Å². The molecule has 1 atom stereocenters. The lowest BCUT2D eigenvalue weighted by molar-refractivity contribution is -0.144. The van der Waals surface area contributed by atoms with Crippen LogP contribution in [0.4, 0.5) is 0 Å². The molecule has 0 bridgehead atoms. The number of aryl methyl sites for hydroxylation is 1. The van der Waals surface area contributed by atoms with Gasteiger partial charge in [0.05, 0.1) is 11.5 Å². The van der Waals surface area contributed by atoms with Crippen molar-refractivity contribution in [3.05, 3.63) is 36.2 Å². The van der Waals surface area contributed by atoms with Gasteiger partial charge in [-0.2, -0.15) is 0 Å². The summed E-state index contributed by atoms with van der Waals surface area (Å²) in [6, 6.07) is 1.55. The molecule has 0 radical (unpaired) electrons. The number of rotatable bonds is 4. The van der Waals surface area contributed by atoms with E-state index in [1.165, 1.54) is 6.08 Å². The summed E-state index contributed by atoms with van der Waals surface area (Å²) >= 11 is 0. The maximum absolute atomic E-state index is 12.1. The molecule has 0 amide bonds. The summed E-state index contributed by atoms with van der Waals surface area (Å²) in [5.41, 5.74) is 0.765. The number of carboxylic acid groups (broad SMARTS) is 1. The first kappa shape index (κ1) is 13.4. The van der Waals surface area contributed by atoms with Crippen LogP contribution in [0.2, 0.25) is 0 Å². The van der Waals surface area contributed by atoms with Crippen molar-refractivity contribution in [3.8, 4) is 0 Å². The molecule has 0 saturated carbocycles. The van der Waals surface area contributed by atoms with Gasteiger partial charge in [0.1, 0.15) is 6.61 Å². The predicted octanol–water partition coefficient (Wildman–Crippen LogP) is 2.18. The van der Waals surface area contributed by atoms with Crippen molar-refractivity contribution >= 4 is 11.9 Å². The first-order valence-corrected chi connectivity index (χ1v) is 6.35. The number of esters is 1. The highest BCUT2D eigenvalue weighted by molar-refractivity contribution is 5.92. The Balaban J connectivity index is 2.35. The van der Waals surface area contributed by atoms with E-state index in [2.05, 4.69) is 6.58 Å². The van der Waals surface area contributed by atoms with Gasteiger partial charge in [-0.25, -0.2) is 4.79 Å². The number of hydrogen-bond acceptors (Lipinski definition) is 3. The minimum absolute atomic E-state index is 0.151. The van der Waals surface area contributed by atoms with E-state index in [0.29, 0.717) is 12.1 Å². The van der Waals surface area contributed by atoms with Crippen molar-refractivity contribution in [2.45, 2.75) is 31.7 Å². The first-order valence-electron chi connectivity index (χ1n) is 6.35. The first-order chi connectivity index (χ1) is 9.15. The van der Waals surface area contributed by atoms with Gasteiger partial charge in [0.25, 0.3) is 0 Å². The van der Waals surface area contributed by atoms with Crippen molar-refractivity contribution in [3.63, 3.8) is 0 Å². The standard InChI is InChI=1S/C14H17NO4/c1-2-9-19-14(18)11-5-3-4-7-15-8-6-10(12(11)15)13(16)17/h2,6,8,11H,1,3-5,7,9H2,(H,16,17). The molecule has 1 aromatic heterocycles. The number of fused-ring (bicyclic) bond motifs is 1. The summed E-state index contributed by atoms with van der Waals surface area (Å²) in [5, 5.41) is 9.22. The summed E-state index contributed by atoms with van der Waals surface area (Å²) in [4.78, 5) is 23.3. The molecule has 19 heavy (non-hydrogen) atoms. The van der Waals surface area contributed by atoms with E-state index in [-0.39, 0.29) is 18.1 Å². The molecule has 1 unspecified atom stereocenters. The zero-order valence-corrected chi connectivity index (χ0v) is 10.7. The summed E-state index contributed by atoms with van der Waals surface area (Å²) in [6.07, 6.45) is 5.69. The van der Waals surface area contributed by atoms with Crippen LogP contribution < -0.4 is 0 Å². The average molecular weight is 263 g/mol. The van der Waals surface area contributed by atoms with Crippen LogP contribution in [0.15, 0.2) is 24.9 Å². The van der Waals surface area contributed by atoms with Crippen molar-refractivity contribution in [1.29, 1.82) is 0 Å². The number of carbonyl (C=O) groups is 2. The molecule has 1 aromatic rings. The van der Waals surface area contributed by atoms with Crippen molar-refractivity contribution in [1.82, 2.24) is 4.57 Å². The van der Waals surface area contributed by atoms with Gasteiger partial charge in [0, 0.05) is 18.4 Å². The molecule has 1 N–H and O–H groups in total. The molecule has 0 aliphatic carbocycles. The average Bonchev–Trinajstić information content (AvgIpc) is 2.69. The highest BCUT2D eigenvalue weighted by Gasteiger charge is 2.31. The summed E-state index contributed by atoms with van der Waals surface area (Å²) in [6.45, 7) is 4.39. The van der Waals surface area contributed by atoms with E-state index < -0.39 is 11.9 Å². The molecule has 2 rings (SSSR count). The number of hydrogen-bond donors (Lipinski definition) is 1. The number of carbonyl (C=O) groups excluding carboxylic acids is 1. The molecule has 5 heteroatoms. The predicted molar refractivity (Wildman–Crippen MR) is 69.1 cm³/mol. The molecule has 0 spiro atoms. The molecule has 5 nitrogen and oxygen atoms in total. The number of nitrogens with zero attached hydrogens (tertiary/aromatic N) is 1. The van der Waals surface area contributed by atoms with Crippen molar-refractivity contribution in [2.24, 2.45) is 0 Å². The van der Waals surface area contributed by atoms with Crippen LogP contribution in [0.5, 0.6) is 0 Å². The third-order valence-corrected chi connectivity index (χ3v) is 3.34. The van der Waals surface area contributed by atoms with Gasteiger partial charge in [-0.3, -0.25) is 4.79 Å². The number of aromatic carboxylic acids is 1. The molecule has 0 fully saturated rings. The van der Waals surface area contributed by atoms with Crippen LogP contribution in [-0.2, 0) is 16.1 Å². The van der Waals surface area contributed by atoms with Gasteiger partial charge in [0.2, 0.25) is 0 Å². The highest BCUT2D eigenvalue weighted by Crippen LogP contribution is 2.31. The highest BCUT2D eigenvalue weighted by atomic mass is 16.5. The lowest BCUT2D eigenvalue weighted by atomic mass is 9.97. The second kappa shape index (κ2) is 5.73. The lowest BCUT2D eigenvalue weighted by Gasteiger charge is -2.16. The smallest absolute Gasteiger partial charge is 0.337 e. The van der Waals surface area contributed by atoms with Gasteiger partial charge in [0.15, 0.2) is 0 Å². The van der Waals surface area contributed by atoms with Crippen LogP contribution >= 0.6 is 0 Å². The second-order valence-corrected chi connectivity index (χ2v) is 4.58. The topological polar surface area (TPSA) is 68.5 Å². The van der Waals surface area contributed by atoms with Gasteiger partial charge in [-0.15, -0.1) is 0 Å². The molecular formula is C14H17NO4. The van der Waals surface area contributed by atoms with E-state index in [9.17, 15) is 14.7 Å². The fourth-order valence-corrected chi connectivity index (χ4v) is 2.49. The third-order valence-electron chi connectivity index (χ3n) is 3.34. The van der Waals surface area contributed by atoms with E-state index in [0.717, 1.165) is 19.4 Å². The van der Waals surface area contributed by atoms with Crippen LogP contribution in [0.1, 0.15) is 41.2 Å². The zero-order chi connectivity index (χ0) is 13.8. The minimum atomic E-state index is -1.00. The number of aromatic nitrogens is 1. The van der Waals surface area contributed by atoms with Gasteiger partial charge in [-0.05, 0) is 18.9 Å². The third kappa shape index (κ3) is 2.70. The molecule has 1 aliphatic rings. The largest absolute Gasteiger partial charge is 0.478 e. The van der Waals surface area contributed by atoms with E-state index in [1.54, 1.807) is 12.3 Å². The quantitative estimate of drug-likeness (QED) is 0.667. The maximum Gasteiger partial charge on any atom is 0.337 e. The number of ether oxygens (including phenoxy) is 1. The summed E-state index contributed by atoms with van der Waals surface area (Å²) in [5.74, 6) is -1.87. The van der Waals surface area contributed by atoms with Gasteiger partial charge in [-0.1, -0.05) is 19.1 Å². The fourth-order valence-electron chi connectivity index (χ4n) is 2.49. The summed E-state index contributed by atoms with van der Waals surface area (Å²) in [7, 11) is 0. The molecule has 0 saturated heterocycles. The Hall–Kier alpha value is -2.04. The molecule has 102 valence electrons. The SMILES string of the molecule is C=CCOC(=O)C1CCCCn2ccc(C(=O)O)c21. The fraction of sp³-hybridized carbons (Fsp3) is 0.429. The molecule has 1 aliphatic heterocycles. The van der Waals surface area contributed by atoms with Crippen LogP contribution in [0, 0.1) is 0 Å². The van der Waals surface area contributed by atoms with Crippen LogP contribution in [0.3, 0.4) is 0 Å². The zero-order valence-electron chi connectivity index (χ0n) is 10.7. The lowest BCUT2D eigenvalue weighted by Crippen LogP contribution is -2.20. The van der Waals surface area contributed by atoms with Crippen molar-refractivity contribution < 1.29 is 19.4 Å². The Bertz CT molecular complexity index is 504. The molecule has 2 heterocycles. The van der Waals surface area contributed by atoms with Crippen LogP contribution in [-0.4, -0.2) is 28.2 Å². The maximum atomic E-state index is 12.1. The Kier molecular flexibility index (Phi) is 4.04. The monoisotopic (exact) mass is 263 g/mol. The van der Waals surface area contributed by atoms with E-state index in [4.69, 9.17) is 4.74 Å². The normalized spacial score (nSPS) is 18.2. The van der Waals surface area contributed by atoms with E-state index >= 15 is 0 Å². The molecule has 0 aromatic carbocycles. The van der Waals surface area contributed by atoms with Crippen LogP contribution in [0.25, 0.3) is 0 Å². The minimum Gasteiger partial charge on any atom is -0.478 e. The van der Waals surface area contributed by atoms with Crippen molar-refractivity contribution in [2.75, 3.05) is 6.61 Å². The Morgan fingerprint density at radius 1 is 1.53 bits per heavy atom. The Morgan fingerprint density at radius 2 is 2.32 bits per heavy atom. The number of carboxylic acids is 1. The Morgan fingerprint density at radius 3 is 3.00 bits per heavy atom. The van der Waals surface area contributed by atoms with Gasteiger partial charge < -0.3 is 14.4 Å². The second-order valence-electron chi connectivity index (χ2n) is 4.58.